The molecule has 4 amide bonds. The van der Waals surface area contributed by atoms with Gasteiger partial charge in [-0.25, -0.2) is 18.2 Å². The van der Waals surface area contributed by atoms with Crippen LogP contribution in [0.3, 0.4) is 0 Å². The van der Waals surface area contributed by atoms with Crippen LogP contribution in [0.15, 0.2) is 54.6 Å². The topological polar surface area (TPSA) is 169 Å². The molecule has 3 heterocycles. The fourth-order valence-electron chi connectivity index (χ4n) is 7.01. The van der Waals surface area contributed by atoms with Crippen LogP contribution in [0.25, 0.3) is 22.3 Å². The Morgan fingerprint density at radius 3 is 2.59 bits per heavy atom. The number of carbonyl (C=O) groups excluding carboxylic acids is 3. The zero-order valence-corrected chi connectivity index (χ0v) is 29.9. The van der Waals surface area contributed by atoms with Gasteiger partial charge in [-0.05, 0) is 64.5 Å². The standard InChI is InChI=1S/C37H44N6O7S/c1-23-29(49-3)16-15-27-30(23)39-31(24-12-8-7-9-13-24)40-33(27)50-26-20-28-32(44)41-37(34(45)42-51(47,48)36(2)17-18-36)21-25(37)14-10-5-4-6-11-19-38-35(46)43(28)22-26/h7-10,12-16,25-26,28H,4-6,11,17-22H2,1-3H3,(H,38,46)(H,41,44)(H,42,45)/b14-10-/t25-,26+,28-,37+/m0/s1. The molecule has 2 aliphatic carbocycles. The molecule has 4 atom stereocenters. The molecule has 0 unspecified atom stereocenters. The summed E-state index contributed by atoms with van der Waals surface area (Å²) in [5.41, 5.74) is 0.805. The van der Waals surface area contributed by atoms with Crippen LogP contribution >= 0.6 is 0 Å². The molecular formula is C37H44N6O7S. The maximum Gasteiger partial charge on any atom is 0.318 e. The second-order valence-electron chi connectivity index (χ2n) is 14.3. The van der Waals surface area contributed by atoms with Crippen molar-refractivity contribution >= 4 is 38.8 Å². The van der Waals surface area contributed by atoms with Crippen LogP contribution in [0.5, 0.6) is 11.6 Å². The molecule has 3 N–H and O–H groups in total. The third-order valence-electron chi connectivity index (χ3n) is 10.7. The third kappa shape index (κ3) is 6.73. The highest BCUT2D eigenvalue weighted by Gasteiger charge is 2.63. The van der Waals surface area contributed by atoms with Gasteiger partial charge in [0.15, 0.2) is 5.82 Å². The number of carbonyl (C=O) groups is 3. The number of sulfonamides is 1. The van der Waals surface area contributed by atoms with Crippen molar-refractivity contribution in [2.75, 3.05) is 20.2 Å². The number of nitrogens with one attached hydrogen (secondary N) is 3. The molecule has 4 aliphatic rings. The summed E-state index contributed by atoms with van der Waals surface area (Å²) in [7, 11) is -2.34. The van der Waals surface area contributed by atoms with Crippen LogP contribution in [-0.2, 0) is 19.6 Å². The van der Waals surface area contributed by atoms with E-state index in [2.05, 4.69) is 15.4 Å². The number of hydrogen-bond donors (Lipinski definition) is 3. The Balaban J connectivity index is 1.19. The van der Waals surface area contributed by atoms with Crippen LogP contribution in [0.4, 0.5) is 4.79 Å². The number of aryl methyl sites for hydroxylation is 1. The van der Waals surface area contributed by atoms with Crippen LogP contribution in [0.2, 0.25) is 0 Å². The molecule has 1 saturated heterocycles. The number of amides is 4. The first-order chi connectivity index (χ1) is 24.4. The fourth-order valence-corrected chi connectivity index (χ4v) is 8.33. The normalized spacial score (nSPS) is 26.7. The maximum absolute atomic E-state index is 14.2. The first-order valence-electron chi connectivity index (χ1n) is 17.6. The number of ether oxygens (including phenoxy) is 2. The Morgan fingerprint density at radius 2 is 1.84 bits per heavy atom. The van der Waals surface area contributed by atoms with Gasteiger partial charge in [0.1, 0.15) is 23.4 Å². The van der Waals surface area contributed by atoms with E-state index in [1.54, 1.807) is 14.0 Å². The fraction of sp³-hybridized carbons (Fsp3) is 0.486. The minimum atomic E-state index is -3.94. The number of methoxy groups -OCH3 is 1. The summed E-state index contributed by atoms with van der Waals surface area (Å²) in [6, 6.07) is 11.8. The first kappa shape index (κ1) is 34.7. The van der Waals surface area contributed by atoms with E-state index in [4.69, 9.17) is 19.4 Å². The van der Waals surface area contributed by atoms with E-state index in [0.717, 1.165) is 36.8 Å². The average molecular weight is 717 g/mol. The van der Waals surface area contributed by atoms with Crippen molar-refractivity contribution in [1.29, 1.82) is 0 Å². The van der Waals surface area contributed by atoms with Crippen molar-refractivity contribution < 1.29 is 32.3 Å². The number of hydrogen-bond acceptors (Lipinski definition) is 9. The molecule has 51 heavy (non-hydrogen) atoms. The quantitative estimate of drug-likeness (QED) is 0.304. The van der Waals surface area contributed by atoms with Crippen molar-refractivity contribution in [2.24, 2.45) is 5.92 Å². The molecule has 2 aromatic carbocycles. The van der Waals surface area contributed by atoms with E-state index in [-0.39, 0.29) is 25.3 Å². The molecule has 1 aromatic heterocycles. The Bertz CT molecular complexity index is 2000. The number of fused-ring (bicyclic) bond motifs is 3. The van der Waals surface area contributed by atoms with Gasteiger partial charge in [0, 0.05) is 30.0 Å². The van der Waals surface area contributed by atoms with Gasteiger partial charge in [0.2, 0.25) is 21.8 Å². The lowest BCUT2D eigenvalue weighted by atomic mass is 10.1. The highest BCUT2D eigenvalue weighted by Crippen LogP contribution is 2.47. The van der Waals surface area contributed by atoms with Crippen molar-refractivity contribution in [3.63, 3.8) is 0 Å². The monoisotopic (exact) mass is 716 g/mol. The van der Waals surface area contributed by atoms with E-state index < -0.39 is 50.3 Å². The van der Waals surface area contributed by atoms with Gasteiger partial charge in [-0.3, -0.25) is 14.3 Å². The third-order valence-corrected chi connectivity index (χ3v) is 12.8. The maximum atomic E-state index is 14.2. The average Bonchev–Trinajstić information content (AvgIpc) is 4.00. The van der Waals surface area contributed by atoms with Gasteiger partial charge in [-0.1, -0.05) is 48.9 Å². The summed E-state index contributed by atoms with van der Waals surface area (Å²) in [6.45, 7) is 4.05. The van der Waals surface area contributed by atoms with Crippen LogP contribution in [0, 0.1) is 12.8 Å². The van der Waals surface area contributed by atoms with Crippen LogP contribution in [0.1, 0.15) is 63.9 Å². The molecule has 3 aromatic rings. The first-order valence-corrected chi connectivity index (χ1v) is 19.1. The highest BCUT2D eigenvalue weighted by molar-refractivity contribution is 7.91. The molecule has 2 saturated carbocycles. The van der Waals surface area contributed by atoms with Crippen molar-refractivity contribution in [3.8, 4) is 23.0 Å². The molecule has 270 valence electrons. The predicted molar refractivity (Wildman–Crippen MR) is 190 cm³/mol. The minimum absolute atomic E-state index is 0.0838. The Morgan fingerprint density at radius 1 is 1.06 bits per heavy atom. The van der Waals surface area contributed by atoms with Crippen LogP contribution < -0.4 is 24.8 Å². The molecule has 0 radical (unpaired) electrons. The van der Waals surface area contributed by atoms with E-state index in [1.807, 2.05) is 61.5 Å². The number of nitrogens with zero attached hydrogens (tertiary/aromatic N) is 3. The van der Waals surface area contributed by atoms with E-state index in [0.29, 0.717) is 47.7 Å². The SMILES string of the molecule is COc1ccc2c(O[C@@H]3C[C@H]4C(=O)N[C@]5(C(=O)NS(=O)(=O)C6(C)CC6)C[C@@H]5/C=C\CCCCCNC(=O)N4C3)nc(-c3ccccc3)nc2c1C. The van der Waals surface area contributed by atoms with Crippen molar-refractivity contribution in [3.05, 3.63) is 60.2 Å². The molecule has 0 spiro atoms. The summed E-state index contributed by atoms with van der Waals surface area (Å²) in [5.74, 6) is -0.263. The minimum Gasteiger partial charge on any atom is -0.496 e. The van der Waals surface area contributed by atoms with Gasteiger partial charge in [0.05, 0.1) is 29.3 Å². The molecule has 3 fully saturated rings. The Hall–Kier alpha value is -4.72. The second kappa shape index (κ2) is 13.4. The van der Waals surface area contributed by atoms with Crippen molar-refractivity contribution in [2.45, 2.75) is 87.6 Å². The molecular weight excluding hydrogens is 673 g/mol. The molecule has 0 bridgehead atoms. The Kier molecular flexibility index (Phi) is 9.15. The van der Waals surface area contributed by atoms with Gasteiger partial charge in [-0.15, -0.1) is 0 Å². The summed E-state index contributed by atoms with van der Waals surface area (Å²) < 4.78 is 39.5. The summed E-state index contributed by atoms with van der Waals surface area (Å²) in [5, 5.41) is 6.51. The lowest BCUT2D eigenvalue weighted by Crippen LogP contribution is -2.57. The number of allylic oxidation sites excluding steroid dienone is 1. The summed E-state index contributed by atoms with van der Waals surface area (Å²) >= 11 is 0. The number of aromatic nitrogens is 2. The number of rotatable bonds is 7. The molecule has 2 aliphatic heterocycles. The van der Waals surface area contributed by atoms with Crippen LogP contribution in [-0.4, -0.2) is 83.8 Å². The Labute approximate surface area is 297 Å². The van der Waals surface area contributed by atoms with Gasteiger partial charge in [-0.2, -0.15) is 4.98 Å². The number of benzene rings is 2. The molecule has 7 rings (SSSR count). The van der Waals surface area contributed by atoms with E-state index in [9.17, 15) is 22.8 Å². The lowest BCUT2D eigenvalue weighted by Gasteiger charge is -2.27. The molecule has 13 nitrogen and oxygen atoms in total. The van der Waals surface area contributed by atoms with Gasteiger partial charge >= 0.3 is 6.03 Å². The van der Waals surface area contributed by atoms with E-state index >= 15 is 0 Å². The molecule has 14 heteroatoms. The number of urea groups is 1. The van der Waals surface area contributed by atoms with E-state index in [1.165, 1.54) is 4.90 Å². The summed E-state index contributed by atoms with van der Waals surface area (Å²) in [6.07, 6.45) is 7.88. The van der Waals surface area contributed by atoms with Gasteiger partial charge < -0.3 is 25.0 Å². The van der Waals surface area contributed by atoms with Gasteiger partial charge in [0.25, 0.3) is 5.91 Å². The zero-order valence-electron chi connectivity index (χ0n) is 29.1. The zero-order chi connectivity index (χ0) is 36.0. The smallest absolute Gasteiger partial charge is 0.318 e. The largest absolute Gasteiger partial charge is 0.496 e. The summed E-state index contributed by atoms with van der Waals surface area (Å²) in [4.78, 5) is 52.6. The second-order valence-corrected chi connectivity index (χ2v) is 16.5. The van der Waals surface area contributed by atoms with Crippen molar-refractivity contribution in [1.82, 2.24) is 30.2 Å². The predicted octanol–water partition coefficient (Wildman–Crippen LogP) is 4.15. The lowest BCUT2D eigenvalue weighted by molar-refractivity contribution is -0.131. The highest BCUT2D eigenvalue weighted by atomic mass is 32.2.